The molecule has 61 heavy (non-hydrogen) atoms. The Morgan fingerprint density at radius 2 is 1.57 bits per heavy atom. The Morgan fingerprint density at radius 1 is 0.951 bits per heavy atom. The second kappa shape index (κ2) is 18.5. The van der Waals surface area contributed by atoms with Gasteiger partial charge in [-0.15, -0.1) is 0 Å². The first-order chi connectivity index (χ1) is 28.2. The summed E-state index contributed by atoms with van der Waals surface area (Å²) in [6, 6.07) is 2.79. The number of fused-ring (bicyclic) bond motifs is 1. The maximum Gasteiger partial charge on any atom is 0.481 e. The zero-order chi connectivity index (χ0) is 45.4. The first-order valence-corrected chi connectivity index (χ1v) is 21.6. The molecule has 3 aliphatic rings. The minimum atomic E-state index is -5.52. The molecule has 13 atom stereocenters. The molecule has 15 N–H and O–H groups in total. The molecule has 0 radical (unpaired) electrons. The molecule has 338 valence electrons. The predicted octanol–water partition coefficient (Wildman–Crippen LogP) is -5.01. The molecule has 2 saturated heterocycles. The number of phosphoric acid groups is 3. The first kappa shape index (κ1) is 48.2. The molecule has 30 nitrogen and oxygen atoms in total. The van der Waals surface area contributed by atoms with Crippen molar-refractivity contribution in [3.05, 3.63) is 42.7 Å². The van der Waals surface area contributed by atoms with Crippen LogP contribution in [0.3, 0.4) is 0 Å². The molecule has 2 unspecified atom stereocenters. The number of aliphatic hydroxyl groups excluding tert-OH is 5. The van der Waals surface area contributed by atoms with Gasteiger partial charge in [0.1, 0.15) is 54.0 Å². The van der Waals surface area contributed by atoms with Gasteiger partial charge in [0.25, 0.3) is 12.1 Å². The number of anilines is 1. The van der Waals surface area contributed by atoms with Crippen molar-refractivity contribution in [2.45, 2.75) is 79.7 Å². The lowest BCUT2D eigenvalue weighted by molar-refractivity contribution is -0.765. The standard InChI is InChI=1S/C21H28N7O17P3.C7H10O6/c22-17-12-19(25-7-24-17)28(8-26-12)21-16(44-46(33,34)35)14(30)11(43-21)6-41-48(38,39)45-47(36,37)40-5-10-13(29)15(31)20(42-10)27-3-1-2-9(4-27)18(23)32;8-3-1-7(13,6(11)12)2-4(9)5(3)10/h1-4,7-8,10-11,13-16,20-21,29-31H,5-6H2,(H7-,22,23,24,25,32,33,34,35,36,37,38,39);3,5,8,10,13H,1-2H2,(H,11,12)/p+1/t10-,11-,13-,14-,15-,16-,20-,21-;3-,5+,7-/m11/s1. The number of phosphoric ester groups is 3. The second-order valence-electron chi connectivity index (χ2n) is 13.5. The number of imidazole rings is 1. The summed E-state index contributed by atoms with van der Waals surface area (Å²) in [6.45, 7) is -2.03. The van der Waals surface area contributed by atoms with E-state index < -0.39 is 134 Å². The fourth-order valence-electron chi connectivity index (χ4n) is 6.13. The van der Waals surface area contributed by atoms with E-state index in [1.807, 2.05) is 0 Å². The van der Waals surface area contributed by atoms with Crippen LogP contribution in [0.4, 0.5) is 5.82 Å². The number of pyridine rings is 1. The van der Waals surface area contributed by atoms with Crippen LogP contribution >= 0.6 is 23.5 Å². The maximum absolute atomic E-state index is 12.6. The molecular weight excluding hydrogens is 895 g/mol. The highest BCUT2D eigenvalue weighted by atomic mass is 31.3. The quantitative estimate of drug-likeness (QED) is 0.0531. The lowest BCUT2D eigenvalue weighted by Crippen LogP contribution is -2.54. The number of aromatic nitrogens is 5. The van der Waals surface area contributed by atoms with Crippen molar-refractivity contribution < 1.29 is 115 Å². The van der Waals surface area contributed by atoms with Crippen LogP contribution in [0.15, 0.2) is 37.2 Å². The highest BCUT2D eigenvalue weighted by Gasteiger charge is 2.52. The SMILES string of the molecule is NC(=O)c1ccc[n+]([C@@H]2O[C@H](COP(=O)(O)OP(=O)(O)OC[C@H]3O[C@@H](n4cnc5c(N)ncnc54)[C@H](OP(=O)(O)O)[C@@H]3O)[C@@H](O)[C@H]2O)c1.O=C1C[C@@](O)(C(=O)O)C[C@@H](O)[C@@H]1O. The van der Waals surface area contributed by atoms with E-state index in [0.29, 0.717) is 0 Å². The molecule has 1 aliphatic carbocycles. The van der Waals surface area contributed by atoms with Gasteiger partial charge in [-0.2, -0.15) is 8.88 Å². The highest BCUT2D eigenvalue weighted by molar-refractivity contribution is 7.61. The molecule has 3 fully saturated rings. The van der Waals surface area contributed by atoms with E-state index in [1.54, 1.807) is 0 Å². The number of nitrogens with zero attached hydrogens (tertiary/aromatic N) is 5. The van der Waals surface area contributed by atoms with Crippen molar-refractivity contribution in [3.63, 3.8) is 0 Å². The van der Waals surface area contributed by atoms with E-state index in [-0.39, 0.29) is 22.5 Å². The number of aliphatic hydroxyl groups is 6. The van der Waals surface area contributed by atoms with Crippen LogP contribution < -0.4 is 16.0 Å². The van der Waals surface area contributed by atoms with Crippen molar-refractivity contribution in [1.82, 2.24) is 19.5 Å². The lowest BCUT2D eigenvalue weighted by Gasteiger charge is -2.32. The Morgan fingerprint density at radius 3 is 2.15 bits per heavy atom. The lowest BCUT2D eigenvalue weighted by atomic mass is 9.81. The minimum Gasteiger partial charge on any atom is -0.479 e. The third-order valence-electron chi connectivity index (χ3n) is 9.09. The molecule has 0 bridgehead atoms. The van der Waals surface area contributed by atoms with E-state index in [0.717, 1.165) is 17.2 Å². The number of aliphatic carboxylic acids is 1. The number of amides is 1. The smallest absolute Gasteiger partial charge is 0.479 e. The van der Waals surface area contributed by atoms with Crippen LogP contribution in [0.2, 0.25) is 0 Å². The van der Waals surface area contributed by atoms with Gasteiger partial charge >= 0.3 is 29.4 Å². The van der Waals surface area contributed by atoms with Crippen molar-refractivity contribution in [1.29, 1.82) is 0 Å². The summed E-state index contributed by atoms with van der Waals surface area (Å²) in [4.78, 5) is 83.5. The number of Topliss-reactive ketones (excluding diaryl/α,β-unsaturated/α-hetero) is 1. The van der Waals surface area contributed by atoms with Gasteiger partial charge in [-0.25, -0.2) is 33.4 Å². The van der Waals surface area contributed by atoms with E-state index in [2.05, 4.69) is 23.8 Å². The third-order valence-corrected chi connectivity index (χ3v) is 12.2. The van der Waals surface area contributed by atoms with Crippen molar-refractivity contribution in [3.8, 4) is 0 Å². The Balaban J connectivity index is 0.000000463. The number of nitrogens with two attached hydrogens (primary N) is 2. The molecule has 6 rings (SSSR count). The second-order valence-corrected chi connectivity index (χ2v) is 17.7. The number of rotatable bonds is 14. The van der Waals surface area contributed by atoms with Crippen LogP contribution in [0.25, 0.3) is 11.2 Å². The van der Waals surface area contributed by atoms with E-state index in [9.17, 15) is 68.1 Å². The zero-order valence-corrected chi connectivity index (χ0v) is 33.3. The number of primary amides is 1. The molecule has 0 spiro atoms. The molecule has 3 aromatic heterocycles. The normalized spacial score (nSPS) is 32.5. The van der Waals surface area contributed by atoms with Crippen molar-refractivity contribution in [2.24, 2.45) is 5.73 Å². The number of carbonyl (C=O) groups excluding carboxylic acids is 2. The number of carboxylic acid groups (broad SMARTS) is 1. The molecule has 3 aromatic rings. The number of carbonyl (C=O) groups is 3. The zero-order valence-electron chi connectivity index (χ0n) is 30.6. The summed E-state index contributed by atoms with van der Waals surface area (Å²) in [7, 11) is -16.3. The molecule has 0 aromatic carbocycles. The molecular formula is C28H39N7O23P3+. The maximum atomic E-state index is 12.6. The number of hydrogen-bond donors (Lipinski definition) is 13. The Hall–Kier alpha value is -3.84. The van der Waals surface area contributed by atoms with Crippen LogP contribution in [0, 0.1) is 0 Å². The van der Waals surface area contributed by atoms with Crippen molar-refractivity contribution >= 4 is 58.1 Å². The number of carboxylic acids is 1. The average molecular weight is 935 g/mol. The summed E-state index contributed by atoms with van der Waals surface area (Å²) in [5.41, 5.74) is 8.86. The van der Waals surface area contributed by atoms with Gasteiger partial charge in [0.2, 0.25) is 0 Å². The van der Waals surface area contributed by atoms with Crippen LogP contribution in [0.5, 0.6) is 0 Å². The van der Waals surface area contributed by atoms with Crippen molar-refractivity contribution in [2.75, 3.05) is 18.9 Å². The van der Waals surface area contributed by atoms with Gasteiger partial charge in [0, 0.05) is 18.9 Å². The van der Waals surface area contributed by atoms with Crippen LogP contribution in [-0.4, -0.2) is 160 Å². The minimum absolute atomic E-state index is 0.00286. The summed E-state index contributed by atoms with van der Waals surface area (Å²) in [6.07, 6.45) is -12.7. The average Bonchev–Trinajstić information content (AvgIpc) is 3.81. The fraction of sp³-hybridized carbons (Fsp3) is 0.536. The predicted molar refractivity (Wildman–Crippen MR) is 189 cm³/mol. The molecule has 33 heteroatoms. The molecule has 2 aliphatic heterocycles. The van der Waals surface area contributed by atoms with E-state index >= 15 is 0 Å². The molecule has 1 saturated carbocycles. The fourth-order valence-corrected chi connectivity index (χ4v) is 8.77. The number of ketones is 1. The summed E-state index contributed by atoms with van der Waals surface area (Å²) >= 11 is 0. The Labute approximate surface area is 339 Å². The topological polar surface area (TPSA) is 480 Å². The van der Waals surface area contributed by atoms with Gasteiger partial charge in [0.15, 0.2) is 47.6 Å². The molecule has 1 amide bonds. The van der Waals surface area contributed by atoms with Crippen LogP contribution in [-0.2, 0) is 50.6 Å². The van der Waals surface area contributed by atoms with Gasteiger partial charge in [-0.05, 0) is 6.07 Å². The Bertz CT molecular complexity index is 2270. The summed E-state index contributed by atoms with van der Waals surface area (Å²) in [5, 5.41) is 67.4. The summed E-state index contributed by atoms with van der Waals surface area (Å²) in [5.74, 6) is -3.27. The van der Waals surface area contributed by atoms with Gasteiger partial charge in [-0.3, -0.25) is 27.7 Å². The van der Waals surface area contributed by atoms with Gasteiger partial charge < -0.3 is 76.3 Å². The van der Waals surface area contributed by atoms with Gasteiger partial charge in [0.05, 0.1) is 25.6 Å². The summed E-state index contributed by atoms with van der Waals surface area (Å²) < 4.78 is 68.4. The van der Waals surface area contributed by atoms with E-state index in [1.165, 1.54) is 29.1 Å². The first-order valence-electron chi connectivity index (χ1n) is 17.1. The highest BCUT2D eigenvalue weighted by Crippen LogP contribution is 2.61. The third kappa shape index (κ3) is 11.4. The number of hydrogen-bond acceptors (Lipinski definition) is 22. The monoisotopic (exact) mass is 934 g/mol. The van der Waals surface area contributed by atoms with Gasteiger partial charge in [-0.1, -0.05) is 0 Å². The van der Waals surface area contributed by atoms with E-state index in [4.69, 9.17) is 45.3 Å². The Kier molecular flexibility index (Phi) is 14.6. The largest absolute Gasteiger partial charge is 0.481 e. The number of nitrogen functional groups attached to an aromatic ring is 1. The molecule has 5 heterocycles. The number of ether oxygens (including phenoxy) is 2. The van der Waals surface area contributed by atoms with Crippen LogP contribution in [0.1, 0.15) is 35.7 Å².